The van der Waals surface area contributed by atoms with Crippen molar-refractivity contribution in [3.05, 3.63) is 35.4 Å². The number of ether oxygens (including phenoxy) is 1. The molecule has 0 spiro atoms. The number of hydrogen-bond acceptors (Lipinski definition) is 4. The first-order chi connectivity index (χ1) is 12.0. The molecule has 0 saturated carbocycles. The van der Waals surface area contributed by atoms with Crippen molar-refractivity contribution in [1.29, 1.82) is 0 Å². The zero-order valence-corrected chi connectivity index (χ0v) is 15.8. The van der Waals surface area contributed by atoms with Crippen LogP contribution in [0.25, 0.3) is 0 Å². The average molecular weight is 345 g/mol. The van der Waals surface area contributed by atoms with E-state index in [4.69, 9.17) is 4.74 Å². The second-order valence-corrected chi connectivity index (χ2v) is 7.53. The lowest BCUT2D eigenvalue weighted by Gasteiger charge is -2.38. The Morgan fingerprint density at radius 1 is 1.04 bits per heavy atom. The lowest BCUT2D eigenvalue weighted by Crippen LogP contribution is -2.53. The molecule has 0 bridgehead atoms. The molecule has 0 N–H and O–H groups in total. The summed E-state index contributed by atoms with van der Waals surface area (Å²) in [6.45, 7) is 13.2. The van der Waals surface area contributed by atoms with E-state index in [-0.39, 0.29) is 18.1 Å². The number of amides is 1. The van der Waals surface area contributed by atoms with E-state index in [1.165, 1.54) is 11.1 Å². The Morgan fingerprint density at radius 3 is 2.28 bits per heavy atom. The van der Waals surface area contributed by atoms with E-state index < -0.39 is 0 Å². The van der Waals surface area contributed by atoms with Gasteiger partial charge in [-0.15, -0.1) is 0 Å². The predicted molar refractivity (Wildman–Crippen MR) is 99.5 cm³/mol. The minimum absolute atomic E-state index is 0.138. The number of nitrogens with zero attached hydrogens (tertiary/aromatic N) is 3. The molecular formula is C20H31N3O2. The van der Waals surface area contributed by atoms with Crippen LogP contribution < -0.4 is 0 Å². The summed E-state index contributed by atoms with van der Waals surface area (Å²) in [6, 6.07) is 8.60. The highest BCUT2D eigenvalue weighted by Gasteiger charge is 2.27. The van der Waals surface area contributed by atoms with Crippen LogP contribution in [0.15, 0.2) is 24.3 Å². The summed E-state index contributed by atoms with van der Waals surface area (Å²) in [5, 5.41) is 0. The molecule has 2 heterocycles. The highest BCUT2D eigenvalue weighted by atomic mass is 16.5. The molecule has 2 saturated heterocycles. The normalized spacial score (nSPS) is 26.0. The first kappa shape index (κ1) is 18.4. The number of aryl methyl sites for hydroxylation is 1. The van der Waals surface area contributed by atoms with E-state index in [1.54, 1.807) is 0 Å². The lowest BCUT2D eigenvalue weighted by atomic mass is 10.1. The first-order valence-electron chi connectivity index (χ1n) is 9.43. The van der Waals surface area contributed by atoms with Gasteiger partial charge in [0.1, 0.15) is 0 Å². The molecule has 3 rings (SSSR count). The van der Waals surface area contributed by atoms with Crippen molar-refractivity contribution in [3.63, 3.8) is 0 Å². The summed E-state index contributed by atoms with van der Waals surface area (Å²) in [5.41, 5.74) is 2.76. The first-order valence-corrected chi connectivity index (χ1v) is 9.43. The molecule has 2 aliphatic rings. The quantitative estimate of drug-likeness (QED) is 0.833. The minimum Gasteiger partial charge on any atom is -0.372 e. The molecule has 0 radical (unpaired) electrons. The predicted octanol–water partition coefficient (Wildman–Crippen LogP) is 1.75. The van der Waals surface area contributed by atoms with Gasteiger partial charge in [0.15, 0.2) is 0 Å². The zero-order chi connectivity index (χ0) is 17.8. The molecular weight excluding hydrogens is 314 g/mol. The van der Waals surface area contributed by atoms with Crippen molar-refractivity contribution in [2.24, 2.45) is 0 Å². The van der Waals surface area contributed by atoms with Gasteiger partial charge in [-0.2, -0.15) is 0 Å². The second kappa shape index (κ2) is 8.30. The molecule has 5 nitrogen and oxygen atoms in total. The number of benzene rings is 1. The van der Waals surface area contributed by atoms with Gasteiger partial charge in [0.2, 0.25) is 5.91 Å². The van der Waals surface area contributed by atoms with Gasteiger partial charge in [-0.25, -0.2) is 0 Å². The van der Waals surface area contributed by atoms with E-state index in [2.05, 4.69) is 41.0 Å². The topological polar surface area (TPSA) is 36.0 Å². The number of carbonyl (C=O) groups is 1. The van der Waals surface area contributed by atoms with Gasteiger partial charge in [-0.3, -0.25) is 14.6 Å². The Hall–Kier alpha value is -1.43. The van der Waals surface area contributed by atoms with Gasteiger partial charge >= 0.3 is 0 Å². The van der Waals surface area contributed by atoms with E-state index in [0.717, 1.165) is 45.8 Å². The molecule has 5 heteroatoms. The summed E-state index contributed by atoms with van der Waals surface area (Å²) in [7, 11) is 0. The van der Waals surface area contributed by atoms with Crippen LogP contribution in [0.4, 0.5) is 0 Å². The molecule has 0 aromatic heterocycles. The molecule has 2 unspecified atom stereocenters. The maximum Gasteiger partial charge on any atom is 0.236 e. The molecule has 2 atom stereocenters. The van der Waals surface area contributed by atoms with Gasteiger partial charge in [0.25, 0.3) is 0 Å². The summed E-state index contributed by atoms with van der Waals surface area (Å²) < 4.78 is 5.72. The molecule has 138 valence electrons. The fourth-order valence-corrected chi connectivity index (χ4v) is 3.81. The van der Waals surface area contributed by atoms with Crippen LogP contribution in [-0.4, -0.2) is 78.6 Å². The Kier molecular flexibility index (Phi) is 6.10. The van der Waals surface area contributed by atoms with Crippen LogP contribution in [-0.2, 0) is 16.1 Å². The molecule has 2 fully saturated rings. The highest BCUT2D eigenvalue weighted by Crippen LogP contribution is 2.14. The van der Waals surface area contributed by atoms with E-state index >= 15 is 0 Å². The average Bonchev–Trinajstić information content (AvgIpc) is 2.58. The third-order valence-electron chi connectivity index (χ3n) is 5.25. The monoisotopic (exact) mass is 345 g/mol. The number of rotatable bonds is 4. The molecule has 1 aromatic rings. The zero-order valence-electron chi connectivity index (χ0n) is 15.8. The molecule has 0 aliphatic carbocycles. The molecule has 1 aromatic carbocycles. The Morgan fingerprint density at radius 2 is 1.64 bits per heavy atom. The highest BCUT2D eigenvalue weighted by molar-refractivity contribution is 5.78. The number of carbonyl (C=O) groups excluding carboxylic acids is 1. The third-order valence-corrected chi connectivity index (χ3v) is 5.25. The molecule has 1 amide bonds. The van der Waals surface area contributed by atoms with Gasteiger partial charge in [-0.05, 0) is 31.9 Å². The Bertz CT molecular complexity index is 574. The van der Waals surface area contributed by atoms with Gasteiger partial charge < -0.3 is 9.64 Å². The third kappa shape index (κ3) is 5.03. The Labute approximate surface area is 151 Å². The fourth-order valence-electron chi connectivity index (χ4n) is 3.81. The number of piperazine rings is 1. The van der Waals surface area contributed by atoms with Crippen molar-refractivity contribution in [2.75, 3.05) is 45.8 Å². The molecule has 25 heavy (non-hydrogen) atoms. The standard InChI is InChI=1S/C20H31N3O2/c1-16-6-4-5-7-19(16)14-21-8-10-22(11-9-21)15-20(24)23-12-17(2)25-18(3)13-23/h4-7,17-18H,8-15H2,1-3H3. The minimum atomic E-state index is 0.138. The van der Waals surface area contributed by atoms with Crippen molar-refractivity contribution in [3.8, 4) is 0 Å². The van der Waals surface area contributed by atoms with Gasteiger partial charge in [0, 0.05) is 45.8 Å². The van der Waals surface area contributed by atoms with E-state index in [9.17, 15) is 4.79 Å². The smallest absolute Gasteiger partial charge is 0.236 e. The second-order valence-electron chi connectivity index (χ2n) is 7.53. The lowest BCUT2D eigenvalue weighted by molar-refractivity contribution is -0.144. The maximum atomic E-state index is 12.6. The van der Waals surface area contributed by atoms with Crippen molar-refractivity contribution < 1.29 is 9.53 Å². The Balaban J connectivity index is 1.44. The van der Waals surface area contributed by atoms with Crippen LogP contribution in [0.1, 0.15) is 25.0 Å². The summed E-state index contributed by atoms with van der Waals surface area (Å²) in [4.78, 5) is 19.3. The fraction of sp³-hybridized carbons (Fsp3) is 0.650. The van der Waals surface area contributed by atoms with E-state index in [1.807, 2.05) is 18.7 Å². The van der Waals surface area contributed by atoms with Crippen LogP contribution in [0.5, 0.6) is 0 Å². The summed E-state index contributed by atoms with van der Waals surface area (Å²) >= 11 is 0. The van der Waals surface area contributed by atoms with Crippen LogP contribution in [0.3, 0.4) is 0 Å². The van der Waals surface area contributed by atoms with Crippen molar-refractivity contribution in [1.82, 2.24) is 14.7 Å². The van der Waals surface area contributed by atoms with Crippen LogP contribution >= 0.6 is 0 Å². The SMILES string of the molecule is Cc1ccccc1CN1CCN(CC(=O)N2CC(C)OC(C)C2)CC1. The van der Waals surface area contributed by atoms with Gasteiger partial charge in [0.05, 0.1) is 18.8 Å². The maximum absolute atomic E-state index is 12.6. The largest absolute Gasteiger partial charge is 0.372 e. The van der Waals surface area contributed by atoms with Crippen molar-refractivity contribution >= 4 is 5.91 Å². The number of morpholine rings is 1. The summed E-state index contributed by atoms with van der Waals surface area (Å²) in [6.07, 6.45) is 0.275. The van der Waals surface area contributed by atoms with Crippen LogP contribution in [0.2, 0.25) is 0 Å². The van der Waals surface area contributed by atoms with Gasteiger partial charge in [-0.1, -0.05) is 24.3 Å². The van der Waals surface area contributed by atoms with E-state index in [0.29, 0.717) is 6.54 Å². The number of hydrogen-bond donors (Lipinski definition) is 0. The van der Waals surface area contributed by atoms with Crippen molar-refractivity contribution in [2.45, 2.75) is 39.5 Å². The van der Waals surface area contributed by atoms with Crippen LogP contribution in [0, 0.1) is 6.92 Å². The summed E-state index contributed by atoms with van der Waals surface area (Å²) in [5.74, 6) is 0.245. The molecule has 2 aliphatic heterocycles.